The van der Waals surface area contributed by atoms with Gasteiger partial charge in [-0.3, -0.25) is 0 Å². The highest BCUT2D eigenvalue weighted by Gasteiger charge is 2.20. The lowest BCUT2D eigenvalue weighted by atomic mass is 9.94. The van der Waals surface area contributed by atoms with Gasteiger partial charge < -0.3 is 10.1 Å². The summed E-state index contributed by atoms with van der Waals surface area (Å²) in [5.41, 5.74) is 1.85. The van der Waals surface area contributed by atoms with Gasteiger partial charge in [-0.2, -0.15) is 0 Å². The van der Waals surface area contributed by atoms with Crippen molar-refractivity contribution in [1.82, 2.24) is 5.32 Å². The fourth-order valence-electron chi connectivity index (χ4n) is 1.96. The SMILES string of the molecule is COc1ccc2c(c1F)CCN[C@@H]2C. The third-order valence-electron chi connectivity index (χ3n) is 2.76. The molecule has 0 amide bonds. The fraction of sp³-hybridized carbons (Fsp3) is 0.455. The quantitative estimate of drug-likeness (QED) is 0.740. The van der Waals surface area contributed by atoms with Crippen LogP contribution < -0.4 is 10.1 Å². The number of nitrogens with one attached hydrogen (secondary N) is 1. The Labute approximate surface area is 83.1 Å². The van der Waals surface area contributed by atoms with E-state index in [1.807, 2.05) is 13.0 Å². The van der Waals surface area contributed by atoms with Crippen molar-refractivity contribution in [3.05, 3.63) is 29.1 Å². The smallest absolute Gasteiger partial charge is 0.168 e. The molecule has 1 aromatic carbocycles. The Morgan fingerprint density at radius 2 is 2.29 bits per heavy atom. The highest BCUT2D eigenvalue weighted by atomic mass is 19.1. The lowest BCUT2D eigenvalue weighted by Gasteiger charge is -2.24. The average molecular weight is 195 g/mol. The molecule has 1 atom stereocenters. The lowest BCUT2D eigenvalue weighted by Crippen LogP contribution is -2.28. The van der Waals surface area contributed by atoms with Crippen LogP contribution in [0, 0.1) is 5.82 Å². The largest absolute Gasteiger partial charge is 0.494 e. The molecule has 0 radical (unpaired) electrons. The van der Waals surface area contributed by atoms with Crippen molar-refractivity contribution in [3.63, 3.8) is 0 Å². The highest BCUT2D eigenvalue weighted by Crippen LogP contribution is 2.29. The van der Waals surface area contributed by atoms with Crippen molar-refractivity contribution in [2.24, 2.45) is 0 Å². The summed E-state index contributed by atoms with van der Waals surface area (Å²) in [6.45, 7) is 2.88. The van der Waals surface area contributed by atoms with E-state index < -0.39 is 0 Å². The first-order valence-electron chi connectivity index (χ1n) is 4.82. The molecule has 1 N–H and O–H groups in total. The van der Waals surface area contributed by atoms with E-state index >= 15 is 0 Å². The summed E-state index contributed by atoms with van der Waals surface area (Å²) in [6.07, 6.45) is 0.739. The van der Waals surface area contributed by atoms with Crippen LogP contribution in [0.1, 0.15) is 24.1 Å². The average Bonchev–Trinajstić information content (AvgIpc) is 2.20. The van der Waals surface area contributed by atoms with Crippen LogP contribution in [0.4, 0.5) is 4.39 Å². The first-order chi connectivity index (χ1) is 6.74. The second-order valence-corrected chi connectivity index (χ2v) is 3.58. The van der Waals surface area contributed by atoms with Crippen LogP contribution in [0.2, 0.25) is 0 Å². The number of hydrogen-bond acceptors (Lipinski definition) is 2. The predicted molar refractivity (Wildman–Crippen MR) is 53.1 cm³/mol. The number of halogens is 1. The molecule has 0 aromatic heterocycles. The van der Waals surface area contributed by atoms with E-state index in [9.17, 15) is 4.39 Å². The third-order valence-corrected chi connectivity index (χ3v) is 2.76. The Morgan fingerprint density at radius 1 is 1.50 bits per heavy atom. The highest BCUT2D eigenvalue weighted by molar-refractivity contribution is 5.40. The van der Waals surface area contributed by atoms with Crippen LogP contribution in [0.5, 0.6) is 5.75 Å². The molecule has 0 spiro atoms. The second-order valence-electron chi connectivity index (χ2n) is 3.58. The van der Waals surface area contributed by atoms with E-state index in [1.54, 1.807) is 6.07 Å². The predicted octanol–water partition coefficient (Wildman–Crippen LogP) is 2.04. The van der Waals surface area contributed by atoms with Crippen LogP contribution in [-0.4, -0.2) is 13.7 Å². The fourth-order valence-corrected chi connectivity index (χ4v) is 1.96. The van der Waals surface area contributed by atoms with Gasteiger partial charge in [0, 0.05) is 6.04 Å². The molecule has 1 aliphatic heterocycles. The molecule has 0 fully saturated rings. The van der Waals surface area contributed by atoms with Gasteiger partial charge in [-0.1, -0.05) is 6.07 Å². The van der Waals surface area contributed by atoms with E-state index in [1.165, 1.54) is 7.11 Å². The monoisotopic (exact) mass is 195 g/mol. The lowest BCUT2D eigenvalue weighted by molar-refractivity contribution is 0.380. The van der Waals surface area contributed by atoms with Gasteiger partial charge in [-0.25, -0.2) is 4.39 Å². The molecule has 0 saturated heterocycles. The first-order valence-corrected chi connectivity index (χ1v) is 4.82. The maximum Gasteiger partial charge on any atom is 0.168 e. The first kappa shape index (κ1) is 9.46. The summed E-state index contributed by atoms with van der Waals surface area (Å²) in [6, 6.07) is 3.87. The summed E-state index contributed by atoms with van der Waals surface area (Å²) in [5.74, 6) is 0.149. The van der Waals surface area contributed by atoms with E-state index in [0.717, 1.165) is 24.1 Å². The standard InChI is InChI=1S/C11H14FNO/c1-7-8-3-4-10(14-2)11(12)9(8)5-6-13-7/h3-4,7,13H,5-6H2,1-2H3/t7-/m1/s1. The summed E-state index contributed by atoms with van der Waals surface area (Å²) in [4.78, 5) is 0. The summed E-state index contributed by atoms with van der Waals surface area (Å²) < 4.78 is 18.7. The molecular weight excluding hydrogens is 181 g/mol. The topological polar surface area (TPSA) is 21.3 Å². The van der Waals surface area contributed by atoms with Crippen LogP contribution in [0.25, 0.3) is 0 Å². The van der Waals surface area contributed by atoms with Crippen molar-refractivity contribution in [2.75, 3.05) is 13.7 Å². The maximum atomic E-state index is 13.8. The summed E-state index contributed by atoms with van der Waals surface area (Å²) in [5, 5.41) is 3.30. The molecule has 0 saturated carbocycles. The normalized spacial score (nSPS) is 20.4. The van der Waals surface area contributed by atoms with E-state index in [4.69, 9.17) is 4.74 Å². The molecule has 0 aliphatic carbocycles. The second kappa shape index (κ2) is 3.58. The van der Waals surface area contributed by atoms with E-state index in [2.05, 4.69) is 5.32 Å². The zero-order valence-electron chi connectivity index (χ0n) is 8.43. The Hall–Kier alpha value is -1.09. The zero-order valence-corrected chi connectivity index (χ0v) is 8.43. The van der Waals surface area contributed by atoms with Gasteiger partial charge in [0.2, 0.25) is 0 Å². The molecule has 14 heavy (non-hydrogen) atoms. The number of rotatable bonds is 1. The zero-order chi connectivity index (χ0) is 10.1. The number of methoxy groups -OCH3 is 1. The molecule has 2 rings (SSSR count). The molecule has 1 aliphatic rings. The molecule has 3 heteroatoms. The van der Waals surface area contributed by atoms with Crippen LogP contribution in [0.3, 0.4) is 0 Å². The third kappa shape index (κ3) is 1.38. The summed E-state index contributed by atoms with van der Waals surface area (Å²) in [7, 11) is 1.50. The van der Waals surface area contributed by atoms with Crippen LogP contribution >= 0.6 is 0 Å². The van der Waals surface area contributed by atoms with Gasteiger partial charge in [0.25, 0.3) is 0 Å². The molecule has 0 unspecified atom stereocenters. The minimum atomic E-state index is -0.196. The van der Waals surface area contributed by atoms with Crippen molar-refractivity contribution < 1.29 is 9.13 Å². The van der Waals surface area contributed by atoms with Gasteiger partial charge in [0.15, 0.2) is 11.6 Å². The Morgan fingerprint density at radius 3 is 3.00 bits per heavy atom. The molecule has 2 nitrogen and oxygen atoms in total. The Balaban J connectivity index is 2.52. The van der Waals surface area contributed by atoms with Gasteiger partial charge in [-0.05, 0) is 37.1 Å². The molecule has 1 aromatic rings. The number of benzene rings is 1. The molecular formula is C11H14FNO. The van der Waals surface area contributed by atoms with Crippen molar-refractivity contribution >= 4 is 0 Å². The van der Waals surface area contributed by atoms with Crippen molar-refractivity contribution in [3.8, 4) is 5.75 Å². The minimum Gasteiger partial charge on any atom is -0.494 e. The van der Waals surface area contributed by atoms with Crippen molar-refractivity contribution in [1.29, 1.82) is 0 Å². The van der Waals surface area contributed by atoms with Gasteiger partial charge in [0.1, 0.15) is 0 Å². The van der Waals surface area contributed by atoms with E-state index in [-0.39, 0.29) is 11.9 Å². The van der Waals surface area contributed by atoms with Crippen LogP contribution in [0.15, 0.2) is 12.1 Å². The van der Waals surface area contributed by atoms with Gasteiger partial charge >= 0.3 is 0 Å². The van der Waals surface area contributed by atoms with Gasteiger partial charge in [0.05, 0.1) is 7.11 Å². The maximum absolute atomic E-state index is 13.8. The Kier molecular flexibility index (Phi) is 2.42. The number of fused-ring (bicyclic) bond motifs is 1. The summed E-state index contributed by atoms with van der Waals surface area (Å²) >= 11 is 0. The van der Waals surface area contributed by atoms with E-state index in [0.29, 0.717) is 5.75 Å². The van der Waals surface area contributed by atoms with Crippen molar-refractivity contribution in [2.45, 2.75) is 19.4 Å². The molecule has 76 valence electrons. The van der Waals surface area contributed by atoms with Gasteiger partial charge in [-0.15, -0.1) is 0 Å². The molecule has 0 bridgehead atoms. The minimum absolute atomic E-state index is 0.196. The molecule has 1 heterocycles. The number of hydrogen-bond donors (Lipinski definition) is 1. The van der Waals surface area contributed by atoms with Crippen LogP contribution in [-0.2, 0) is 6.42 Å². The Bertz CT molecular complexity index is 351. The number of ether oxygens (including phenoxy) is 1.